The summed E-state index contributed by atoms with van der Waals surface area (Å²) in [5, 5.41) is 6.34. The molecule has 0 radical (unpaired) electrons. The zero-order valence-electron chi connectivity index (χ0n) is 14.3. The molecular weight excluding hydrogens is 449 g/mol. The maximum Gasteiger partial charge on any atom is 0.259 e. The molecule has 0 atom stereocenters. The van der Waals surface area contributed by atoms with Crippen LogP contribution < -0.4 is 15.5 Å². The molecule has 138 valence electrons. The quantitative estimate of drug-likeness (QED) is 0.336. The Labute approximate surface area is 165 Å². The van der Waals surface area contributed by atoms with E-state index in [1.807, 2.05) is 46.9 Å². The average molecular weight is 469 g/mol. The Hall–Kier alpha value is -2.36. The highest BCUT2D eigenvalue weighted by Crippen LogP contribution is 2.13. The molecule has 1 heterocycles. The van der Waals surface area contributed by atoms with Crippen LogP contribution in [0.4, 0.5) is 0 Å². The van der Waals surface area contributed by atoms with Crippen molar-refractivity contribution in [2.45, 2.75) is 19.3 Å². The Morgan fingerprint density at radius 2 is 1.96 bits per heavy atom. The topological polar surface area (TPSA) is 92.9 Å². The van der Waals surface area contributed by atoms with Gasteiger partial charge in [0.25, 0.3) is 5.91 Å². The largest absolute Gasteiger partial charge is 0.497 e. The fourth-order valence-corrected chi connectivity index (χ4v) is 2.55. The van der Waals surface area contributed by atoms with Crippen LogP contribution >= 0.6 is 22.6 Å². The van der Waals surface area contributed by atoms with E-state index in [0.29, 0.717) is 18.6 Å². The van der Waals surface area contributed by atoms with Crippen molar-refractivity contribution in [3.8, 4) is 5.75 Å². The number of furan rings is 1. The number of hydrogen-bond acceptors (Lipinski definition) is 5. The molecule has 0 saturated heterocycles. The predicted molar refractivity (Wildman–Crippen MR) is 106 cm³/mol. The van der Waals surface area contributed by atoms with Gasteiger partial charge in [0.2, 0.25) is 5.91 Å². The lowest BCUT2D eigenvalue weighted by molar-refractivity contribution is -0.126. The first-order valence-corrected chi connectivity index (χ1v) is 9.11. The Balaban J connectivity index is 1.60. The maximum atomic E-state index is 11.8. The van der Waals surface area contributed by atoms with Crippen molar-refractivity contribution in [3.05, 3.63) is 51.5 Å². The molecular formula is C18H20IN3O4. The first-order chi connectivity index (χ1) is 12.6. The molecule has 0 aliphatic carbocycles. The van der Waals surface area contributed by atoms with Crippen molar-refractivity contribution in [2.75, 3.05) is 13.7 Å². The number of rotatable bonds is 9. The second-order valence-electron chi connectivity index (χ2n) is 5.41. The molecule has 26 heavy (non-hydrogen) atoms. The van der Waals surface area contributed by atoms with Gasteiger partial charge in [0.05, 0.1) is 19.9 Å². The van der Waals surface area contributed by atoms with Crippen molar-refractivity contribution in [1.29, 1.82) is 0 Å². The van der Waals surface area contributed by atoms with Crippen LogP contribution in [0.3, 0.4) is 0 Å². The van der Waals surface area contributed by atoms with Crippen molar-refractivity contribution in [1.82, 2.24) is 10.7 Å². The molecule has 0 aliphatic rings. The highest BCUT2D eigenvalue weighted by molar-refractivity contribution is 14.1. The second-order valence-corrected chi connectivity index (χ2v) is 6.48. The van der Waals surface area contributed by atoms with E-state index in [0.717, 1.165) is 21.5 Å². The van der Waals surface area contributed by atoms with Crippen LogP contribution in [0.1, 0.15) is 24.2 Å². The molecule has 2 rings (SSSR count). The molecule has 0 bridgehead atoms. The summed E-state index contributed by atoms with van der Waals surface area (Å²) in [6, 6.07) is 11.3. The number of benzene rings is 1. The van der Waals surface area contributed by atoms with Crippen molar-refractivity contribution >= 4 is 40.6 Å². The van der Waals surface area contributed by atoms with E-state index in [2.05, 4.69) is 15.8 Å². The first-order valence-electron chi connectivity index (χ1n) is 8.03. The molecule has 2 N–H and O–H groups in total. The predicted octanol–water partition coefficient (Wildman–Crippen LogP) is 2.48. The number of nitrogens with one attached hydrogen (secondary N) is 2. The van der Waals surface area contributed by atoms with Gasteiger partial charge in [-0.2, -0.15) is 5.10 Å². The lowest BCUT2D eigenvalue weighted by Crippen LogP contribution is -2.34. The molecule has 2 aromatic rings. The van der Waals surface area contributed by atoms with Gasteiger partial charge in [-0.15, -0.1) is 0 Å². The summed E-state index contributed by atoms with van der Waals surface area (Å²) in [6.45, 7) is -0.117. The third-order valence-electron chi connectivity index (χ3n) is 3.45. The van der Waals surface area contributed by atoms with Crippen LogP contribution in [-0.4, -0.2) is 31.7 Å². The van der Waals surface area contributed by atoms with E-state index in [9.17, 15) is 9.59 Å². The monoisotopic (exact) mass is 469 g/mol. The SMILES string of the molecule is COc1ccc(CCCC(=O)NCC(=O)N/N=C/c2ccc(I)o2)cc1. The zero-order valence-corrected chi connectivity index (χ0v) is 16.5. The maximum absolute atomic E-state index is 11.8. The minimum Gasteiger partial charge on any atom is -0.497 e. The summed E-state index contributed by atoms with van der Waals surface area (Å²) in [5.41, 5.74) is 3.47. The smallest absolute Gasteiger partial charge is 0.259 e. The molecule has 0 aliphatic heterocycles. The Morgan fingerprint density at radius 1 is 1.19 bits per heavy atom. The number of ether oxygens (including phenoxy) is 1. The number of methoxy groups -OCH3 is 1. The molecule has 1 aromatic heterocycles. The van der Waals surface area contributed by atoms with Crippen LogP contribution in [0.25, 0.3) is 0 Å². The van der Waals surface area contributed by atoms with Crippen LogP contribution in [-0.2, 0) is 16.0 Å². The van der Waals surface area contributed by atoms with Gasteiger partial charge in [0.1, 0.15) is 11.5 Å². The summed E-state index contributed by atoms with van der Waals surface area (Å²) in [4.78, 5) is 23.4. The van der Waals surface area contributed by atoms with Gasteiger partial charge in [-0.3, -0.25) is 9.59 Å². The Morgan fingerprint density at radius 3 is 2.62 bits per heavy atom. The van der Waals surface area contributed by atoms with Crippen molar-refractivity contribution in [2.24, 2.45) is 5.10 Å². The number of carbonyl (C=O) groups excluding carboxylic acids is 2. The van der Waals surface area contributed by atoms with Crippen LogP contribution in [0.15, 0.2) is 45.9 Å². The van der Waals surface area contributed by atoms with E-state index in [1.54, 1.807) is 19.2 Å². The lowest BCUT2D eigenvalue weighted by Gasteiger charge is -2.05. The number of halogens is 1. The molecule has 0 spiro atoms. The third kappa shape index (κ3) is 7.26. The van der Waals surface area contributed by atoms with Gasteiger partial charge in [-0.1, -0.05) is 12.1 Å². The molecule has 8 heteroatoms. The standard InChI is InChI=1S/C18H20IN3O4/c1-25-14-7-5-13(6-8-14)3-2-4-17(23)20-12-18(24)22-21-11-15-9-10-16(19)26-15/h5-11H,2-4,12H2,1H3,(H,20,23)(H,22,24)/b21-11+. The Kier molecular flexibility index (Phi) is 8.13. The van der Waals surface area contributed by atoms with E-state index in [-0.39, 0.29) is 12.5 Å². The summed E-state index contributed by atoms with van der Waals surface area (Å²) in [7, 11) is 1.62. The van der Waals surface area contributed by atoms with Crippen molar-refractivity contribution in [3.63, 3.8) is 0 Å². The average Bonchev–Trinajstić information content (AvgIpc) is 3.06. The van der Waals surface area contributed by atoms with Crippen LogP contribution in [0.5, 0.6) is 5.75 Å². The number of amides is 2. The molecule has 2 amide bonds. The van der Waals surface area contributed by atoms with Crippen LogP contribution in [0, 0.1) is 3.77 Å². The molecule has 7 nitrogen and oxygen atoms in total. The van der Waals surface area contributed by atoms with Gasteiger partial charge in [-0.25, -0.2) is 5.43 Å². The summed E-state index contributed by atoms with van der Waals surface area (Å²) < 4.78 is 11.1. The number of carbonyl (C=O) groups is 2. The van der Waals surface area contributed by atoms with Gasteiger partial charge < -0.3 is 14.5 Å². The van der Waals surface area contributed by atoms with Crippen LogP contribution in [0.2, 0.25) is 0 Å². The number of hydrogen-bond donors (Lipinski definition) is 2. The molecule has 1 aromatic carbocycles. The summed E-state index contributed by atoms with van der Waals surface area (Å²) in [5.74, 6) is 0.781. The number of aryl methyl sites for hydroxylation is 1. The second kappa shape index (κ2) is 10.6. The highest BCUT2D eigenvalue weighted by Gasteiger charge is 2.05. The van der Waals surface area contributed by atoms with E-state index in [4.69, 9.17) is 9.15 Å². The van der Waals surface area contributed by atoms with Gasteiger partial charge in [0.15, 0.2) is 3.77 Å². The minimum absolute atomic E-state index is 0.117. The fraction of sp³-hybridized carbons (Fsp3) is 0.278. The summed E-state index contributed by atoms with van der Waals surface area (Å²) >= 11 is 2.04. The fourth-order valence-electron chi connectivity index (χ4n) is 2.12. The normalized spacial score (nSPS) is 10.7. The number of hydrazone groups is 1. The van der Waals surface area contributed by atoms with Gasteiger partial charge in [0, 0.05) is 6.42 Å². The van der Waals surface area contributed by atoms with Crippen molar-refractivity contribution < 1.29 is 18.7 Å². The summed E-state index contributed by atoms with van der Waals surface area (Å²) in [6.07, 6.45) is 3.25. The van der Waals surface area contributed by atoms with Gasteiger partial charge >= 0.3 is 0 Å². The minimum atomic E-state index is -0.397. The van der Waals surface area contributed by atoms with E-state index in [1.165, 1.54) is 6.21 Å². The molecule has 0 unspecified atom stereocenters. The third-order valence-corrected chi connectivity index (χ3v) is 4.03. The first kappa shape index (κ1) is 20.0. The molecule has 0 fully saturated rings. The van der Waals surface area contributed by atoms with E-state index < -0.39 is 5.91 Å². The highest BCUT2D eigenvalue weighted by atomic mass is 127. The Bertz CT molecular complexity index is 756. The van der Waals surface area contributed by atoms with Gasteiger partial charge in [-0.05, 0) is 65.3 Å². The number of nitrogens with zero attached hydrogens (tertiary/aromatic N) is 1. The molecule has 0 saturated carbocycles. The lowest BCUT2D eigenvalue weighted by atomic mass is 10.1. The zero-order chi connectivity index (χ0) is 18.8. The van der Waals surface area contributed by atoms with E-state index >= 15 is 0 Å².